The third-order valence-electron chi connectivity index (χ3n) is 5.44. The largest absolute Gasteiger partial charge is 0.493 e. The quantitative estimate of drug-likeness (QED) is 0.596. The van der Waals surface area contributed by atoms with Crippen molar-refractivity contribution in [2.24, 2.45) is 0 Å². The maximum Gasteiger partial charge on any atom is 0.251 e. The Morgan fingerprint density at radius 1 is 1.13 bits per heavy atom. The molecule has 30 heavy (non-hydrogen) atoms. The predicted molar refractivity (Wildman–Crippen MR) is 115 cm³/mol. The molecule has 6 nitrogen and oxygen atoms in total. The highest BCUT2D eigenvalue weighted by Crippen LogP contribution is 2.30. The van der Waals surface area contributed by atoms with Gasteiger partial charge in [-0.3, -0.25) is 4.79 Å². The smallest absolute Gasteiger partial charge is 0.251 e. The molecule has 2 aromatic carbocycles. The van der Waals surface area contributed by atoms with Crippen LogP contribution in [0.15, 0.2) is 40.9 Å². The first-order valence-electron chi connectivity index (χ1n) is 9.91. The Hall–Kier alpha value is -3.28. The van der Waals surface area contributed by atoms with E-state index in [2.05, 4.69) is 30.4 Å². The first-order chi connectivity index (χ1) is 14.3. The number of nitrogens with one attached hydrogen (secondary N) is 1. The summed E-state index contributed by atoms with van der Waals surface area (Å²) in [7, 11) is 1.55. The minimum absolute atomic E-state index is 0.112. The Balaban J connectivity index is 1.73. The number of rotatable bonds is 7. The number of ether oxygens (including phenoxy) is 2. The molecule has 0 aliphatic heterocycles. The molecule has 6 heteroatoms. The van der Waals surface area contributed by atoms with Crippen LogP contribution in [0, 0.1) is 27.7 Å². The number of aryl methyl sites for hydroxylation is 3. The number of nitrogens with zero attached hydrogens (tertiary/aromatic N) is 1. The first kappa shape index (κ1) is 21.4. The molecule has 3 rings (SSSR count). The maximum atomic E-state index is 12.8. The topological polar surface area (TPSA) is 73.6 Å². The Morgan fingerprint density at radius 2 is 1.90 bits per heavy atom. The standard InChI is InChI=1S/C24H28N2O4/c1-14-8-7-9-20(15(14)2)16(3)25-24(27)19-10-11-22(23(12-19)28-6)29-13-21-17(4)26-30-18(21)5/h7-12,16H,13H2,1-6H3,(H,25,27). The van der Waals surface area contributed by atoms with Gasteiger partial charge in [-0.1, -0.05) is 23.4 Å². The lowest BCUT2D eigenvalue weighted by Gasteiger charge is -2.18. The number of hydrogen-bond donors (Lipinski definition) is 1. The molecule has 0 bridgehead atoms. The lowest BCUT2D eigenvalue weighted by Crippen LogP contribution is -2.27. The third-order valence-corrected chi connectivity index (χ3v) is 5.44. The second-order valence-electron chi connectivity index (χ2n) is 7.44. The molecule has 3 aromatic rings. The summed E-state index contributed by atoms with van der Waals surface area (Å²) in [6.45, 7) is 10.2. The summed E-state index contributed by atoms with van der Waals surface area (Å²) < 4.78 is 16.5. The highest BCUT2D eigenvalue weighted by Gasteiger charge is 2.17. The molecular formula is C24H28N2O4. The monoisotopic (exact) mass is 408 g/mol. The van der Waals surface area contributed by atoms with Gasteiger partial charge in [0.25, 0.3) is 5.91 Å². The molecule has 0 aliphatic rings. The van der Waals surface area contributed by atoms with Crippen molar-refractivity contribution in [2.75, 3.05) is 7.11 Å². The minimum Gasteiger partial charge on any atom is -0.493 e. The van der Waals surface area contributed by atoms with Gasteiger partial charge >= 0.3 is 0 Å². The molecule has 1 amide bonds. The molecule has 1 unspecified atom stereocenters. The second kappa shape index (κ2) is 9.03. The molecule has 0 saturated heterocycles. The molecular weight excluding hydrogens is 380 g/mol. The van der Waals surface area contributed by atoms with Gasteiger partial charge < -0.3 is 19.3 Å². The van der Waals surface area contributed by atoms with Gasteiger partial charge in [-0.2, -0.15) is 0 Å². The molecule has 1 aromatic heterocycles. The van der Waals surface area contributed by atoms with E-state index < -0.39 is 0 Å². The van der Waals surface area contributed by atoms with Gasteiger partial charge in [0.05, 0.1) is 24.4 Å². The molecule has 0 aliphatic carbocycles. The van der Waals surface area contributed by atoms with Crippen molar-refractivity contribution in [1.82, 2.24) is 10.5 Å². The fraction of sp³-hybridized carbons (Fsp3) is 0.333. The summed E-state index contributed by atoms with van der Waals surface area (Å²) in [5, 5.41) is 7.00. The Kier molecular flexibility index (Phi) is 6.45. The number of amides is 1. The summed E-state index contributed by atoms with van der Waals surface area (Å²) in [4.78, 5) is 12.8. The van der Waals surface area contributed by atoms with Crippen LogP contribution in [-0.2, 0) is 6.61 Å². The van der Waals surface area contributed by atoms with Crippen molar-refractivity contribution < 1.29 is 18.8 Å². The van der Waals surface area contributed by atoms with Crippen LogP contribution in [0.25, 0.3) is 0 Å². The van der Waals surface area contributed by atoms with Crippen LogP contribution in [0.5, 0.6) is 11.5 Å². The highest BCUT2D eigenvalue weighted by molar-refractivity contribution is 5.95. The van der Waals surface area contributed by atoms with E-state index in [0.717, 1.165) is 22.6 Å². The summed E-state index contributed by atoms with van der Waals surface area (Å²) in [6.07, 6.45) is 0. The molecule has 1 atom stereocenters. The Bertz CT molecular complexity index is 1040. The van der Waals surface area contributed by atoms with Crippen molar-refractivity contribution in [3.63, 3.8) is 0 Å². The van der Waals surface area contributed by atoms with Gasteiger partial charge in [-0.25, -0.2) is 0 Å². The van der Waals surface area contributed by atoms with Crippen molar-refractivity contribution in [3.8, 4) is 11.5 Å². The lowest BCUT2D eigenvalue weighted by molar-refractivity contribution is 0.0939. The normalized spacial score (nSPS) is 11.8. The highest BCUT2D eigenvalue weighted by atomic mass is 16.5. The van der Waals surface area contributed by atoms with Gasteiger partial charge in [0, 0.05) is 5.56 Å². The van der Waals surface area contributed by atoms with E-state index in [-0.39, 0.29) is 11.9 Å². The van der Waals surface area contributed by atoms with Gasteiger partial charge in [0.15, 0.2) is 11.5 Å². The number of benzene rings is 2. The van der Waals surface area contributed by atoms with Crippen molar-refractivity contribution >= 4 is 5.91 Å². The predicted octanol–water partition coefficient (Wildman–Crippen LogP) is 4.99. The first-order valence-corrected chi connectivity index (χ1v) is 9.91. The van der Waals surface area contributed by atoms with E-state index >= 15 is 0 Å². The average molecular weight is 408 g/mol. The molecule has 158 valence electrons. The summed E-state index contributed by atoms with van der Waals surface area (Å²) in [5.41, 5.74) is 5.70. The summed E-state index contributed by atoms with van der Waals surface area (Å²) in [5.74, 6) is 1.60. The fourth-order valence-corrected chi connectivity index (χ4v) is 3.39. The van der Waals surface area contributed by atoms with Crippen LogP contribution in [0.4, 0.5) is 0 Å². The maximum absolute atomic E-state index is 12.8. The summed E-state index contributed by atoms with van der Waals surface area (Å²) in [6, 6.07) is 11.2. The van der Waals surface area contributed by atoms with Gasteiger partial charge in [-0.05, 0) is 69.5 Å². The number of methoxy groups -OCH3 is 1. The minimum atomic E-state index is -0.168. The van der Waals surface area contributed by atoms with E-state index in [1.165, 1.54) is 11.1 Å². The Labute approximate surface area is 177 Å². The van der Waals surface area contributed by atoms with E-state index in [1.54, 1.807) is 25.3 Å². The number of aromatic nitrogens is 1. The Morgan fingerprint density at radius 3 is 2.57 bits per heavy atom. The molecule has 0 spiro atoms. The van der Waals surface area contributed by atoms with Crippen molar-refractivity contribution in [3.05, 3.63) is 75.7 Å². The molecule has 1 N–H and O–H groups in total. The molecule has 0 fully saturated rings. The number of carbonyl (C=O) groups is 1. The van der Waals surface area contributed by atoms with Crippen LogP contribution < -0.4 is 14.8 Å². The zero-order valence-electron chi connectivity index (χ0n) is 18.3. The van der Waals surface area contributed by atoms with Crippen LogP contribution >= 0.6 is 0 Å². The van der Waals surface area contributed by atoms with Crippen molar-refractivity contribution in [2.45, 2.75) is 47.3 Å². The number of carbonyl (C=O) groups excluding carboxylic acids is 1. The van der Waals surface area contributed by atoms with E-state index in [9.17, 15) is 4.79 Å². The molecule has 0 saturated carbocycles. The summed E-state index contributed by atoms with van der Waals surface area (Å²) >= 11 is 0. The third kappa shape index (κ3) is 4.48. The molecule has 0 radical (unpaired) electrons. The van der Waals surface area contributed by atoms with E-state index in [1.807, 2.05) is 32.9 Å². The zero-order valence-corrected chi connectivity index (χ0v) is 18.3. The molecule has 1 heterocycles. The van der Waals surface area contributed by atoms with Gasteiger partial charge in [-0.15, -0.1) is 0 Å². The van der Waals surface area contributed by atoms with Gasteiger partial charge in [0.1, 0.15) is 12.4 Å². The SMILES string of the molecule is COc1cc(C(=O)NC(C)c2cccc(C)c2C)ccc1OCc1c(C)noc1C. The second-order valence-corrected chi connectivity index (χ2v) is 7.44. The lowest BCUT2D eigenvalue weighted by atomic mass is 9.98. The zero-order chi connectivity index (χ0) is 21.8. The van der Waals surface area contributed by atoms with Crippen LogP contribution in [0.2, 0.25) is 0 Å². The van der Waals surface area contributed by atoms with E-state index in [0.29, 0.717) is 23.7 Å². The van der Waals surface area contributed by atoms with Crippen molar-refractivity contribution in [1.29, 1.82) is 0 Å². The van der Waals surface area contributed by atoms with Gasteiger partial charge in [0.2, 0.25) is 0 Å². The van der Waals surface area contributed by atoms with E-state index in [4.69, 9.17) is 14.0 Å². The average Bonchev–Trinajstić information content (AvgIpc) is 3.05. The van der Waals surface area contributed by atoms with Crippen LogP contribution in [0.1, 0.15) is 57.0 Å². The van der Waals surface area contributed by atoms with Crippen LogP contribution in [-0.4, -0.2) is 18.2 Å². The number of hydrogen-bond acceptors (Lipinski definition) is 5. The fourth-order valence-electron chi connectivity index (χ4n) is 3.39. The van der Waals surface area contributed by atoms with Crippen LogP contribution in [0.3, 0.4) is 0 Å².